The Morgan fingerprint density at radius 3 is 2.52 bits per heavy atom. The Morgan fingerprint density at radius 2 is 1.69 bits per heavy atom. The minimum Gasteiger partial charge on any atom is -0.351 e. The zero-order valence-corrected chi connectivity index (χ0v) is 17.5. The normalized spacial score (nSPS) is 16.4. The summed E-state index contributed by atoms with van der Waals surface area (Å²) < 4.78 is 0. The van der Waals surface area contributed by atoms with Gasteiger partial charge in [-0.15, -0.1) is 0 Å². The smallest absolute Gasteiger partial charge is 0.255 e. The number of allylic oxidation sites excluding steroid dienone is 1. The molecule has 0 aliphatic carbocycles. The zero-order chi connectivity index (χ0) is 20.5. The molecule has 4 nitrogen and oxygen atoms in total. The van der Waals surface area contributed by atoms with E-state index in [0.717, 1.165) is 38.8 Å². The highest BCUT2D eigenvalue weighted by Gasteiger charge is 2.31. The van der Waals surface area contributed by atoms with Gasteiger partial charge >= 0.3 is 0 Å². The number of carbonyl (C=O) groups excluding carboxylic acids is 1. The van der Waals surface area contributed by atoms with Crippen LogP contribution in [0.5, 0.6) is 0 Å². The van der Waals surface area contributed by atoms with E-state index in [-0.39, 0.29) is 11.9 Å². The molecule has 0 bridgehead atoms. The third kappa shape index (κ3) is 3.61. The number of anilines is 1. The van der Waals surface area contributed by atoms with Crippen molar-refractivity contribution in [3.63, 3.8) is 0 Å². The predicted octanol–water partition coefficient (Wildman–Crippen LogP) is 4.89. The van der Waals surface area contributed by atoms with Gasteiger partial charge in [-0.25, -0.2) is 0 Å². The van der Waals surface area contributed by atoms with Crippen LogP contribution in [0.1, 0.15) is 29.7 Å². The lowest BCUT2D eigenvalue weighted by Crippen LogP contribution is -2.45. The minimum absolute atomic E-state index is 0.142. The Balaban J connectivity index is 1.78. The van der Waals surface area contributed by atoms with Gasteiger partial charge in [0.2, 0.25) is 0 Å². The van der Waals surface area contributed by atoms with Gasteiger partial charge in [-0.05, 0) is 66.5 Å². The fourth-order valence-corrected chi connectivity index (χ4v) is 4.08. The van der Waals surface area contributed by atoms with Crippen molar-refractivity contribution in [3.8, 4) is 0 Å². The van der Waals surface area contributed by atoms with Crippen molar-refractivity contribution in [2.75, 3.05) is 5.32 Å². The number of thiocarbonyl (C=S) groups is 1. The lowest BCUT2D eigenvalue weighted by atomic mass is 9.91. The van der Waals surface area contributed by atoms with Gasteiger partial charge in [0.05, 0.1) is 11.6 Å². The summed E-state index contributed by atoms with van der Waals surface area (Å²) in [6.45, 7) is 5.95. The highest BCUT2D eigenvalue weighted by Crippen LogP contribution is 2.33. The highest BCUT2D eigenvalue weighted by molar-refractivity contribution is 7.80. The van der Waals surface area contributed by atoms with E-state index in [1.807, 2.05) is 63.2 Å². The molecule has 5 heteroatoms. The van der Waals surface area contributed by atoms with Crippen molar-refractivity contribution in [2.45, 2.75) is 26.8 Å². The molecule has 0 saturated carbocycles. The maximum Gasteiger partial charge on any atom is 0.255 e. The lowest BCUT2D eigenvalue weighted by molar-refractivity contribution is -0.113. The molecule has 0 fully saturated rings. The van der Waals surface area contributed by atoms with Gasteiger partial charge in [-0.2, -0.15) is 0 Å². The average Bonchev–Trinajstić information content (AvgIpc) is 2.70. The third-order valence-electron chi connectivity index (χ3n) is 5.50. The van der Waals surface area contributed by atoms with Crippen LogP contribution in [0.3, 0.4) is 0 Å². The highest BCUT2D eigenvalue weighted by atomic mass is 32.1. The van der Waals surface area contributed by atoms with E-state index in [9.17, 15) is 4.79 Å². The summed E-state index contributed by atoms with van der Waals surface area (Å²) in [6, 6.07) is 19.9. The first kappa shape index (κ1) is 19.2. The summed E-state index contributed by atoms with van der Waals surface area (Å²) in [5.74, 6) is -0.142. The number of carbonyl (C=O) groups is 1. The Bertz CT molecular complexity index is 1160. The number of rotatable bonds is 3. The molecule has 29 heavy (non-hydrogen) atoms. The number of benzene rings is 3. The largest absolute Gasteiger partial charge is 0.351 e. The summed E-state index contributed by atoms with van der Waals surface area (Å²) >= 11 is 5.40. The van der Waals surface area contributed by atoms with E-state index < -0.39 is 0 Å². The number of nitrogens with one attached hydrogen (secondary N) is 3. The van der Waals surface area contributed by atoms with Gasteiger partial charge in [0.15, 0.2) is 5.11 Å². The van der Waals surface area contributed by atoms with E-state index >= 15 is 0 Å². The Hall–Kier alpha value is -3.18. The molecule has 1 amide bonds. The molecule has 3 N–H and O–H groups in total. The molecule has 4 rings (SSSR count). The van der Waals surface area contributed by atoms with Gasteiger partial charge < -0.3 is 16.0 Å². The second kappa shape index (κ2) is 7.68. The molecule has 3 aromatic rings. The molecule has 1 atom stereocenters. The minimum atomic E-state index is -0.333. The second-order valence-electron chi connectivity index (χ2n) is 7.34. The van der Waals surface area contributed by atoms with Gasteiger partial charge in [0.25, 0.3) is 5.91 Å². The third-order valence-corrected chi connectivity index (χ3v) is 5.72. The van der Waals surface area contributed by atoms with Crippen molar-refractivity contribution in [1.29, 1.82) is 0 Å². The first-order valence-corrected chi connectivity index (χ1v) is 10.00. The maximum absolute atomic E-state index is 13.4. The fraction of sp³-hybridized carbons (Fsp3) is 0.167. The molecular weight excluding hydrogens is 378 g/mol. The maximum atomic E-state index is 13.4. The molecule has 0 unspecified atom stereocenters. The predicted molar refractivity (Wildman–Crippen MR) is 123 cm³/mol. The summed E-state index contributed by atoms with van der Waals surface area (Å²) in [5, 5.41) is 12.2. The van der Waals surface area contributed by atoms with Crippen LogP contribution in [0.15, 0.2) is 71.9 Å². The molecule has 1 heterocycles. The first-order chi connectivity index (χ1) is 14.0. The van der Waals surface area contributed by atoms with Crippen molar-refractivity contribution in [1.82, 2.24) is 10.6 Å². The number of hydrogen-bond donors (Lipinski definition) is 3. The Labute approximate surface area is 176 Å². The number of hydrogen-bond acceptors (Lipinski definition) is 2. The second-order valence-corrected chi connectivity index (χ2v) is 7.75. The van der Waals surface area contributed by atoms with Crippen molar-refractivity contribution >= 4 is 39.7 Å². The summed E-state index contributed by atoms with van der Waals surface area (Å²) in [7, 11) is 0. The lowest BCUT2D eigenvalue weighted by Gasteiger charge is -2.31. The molecule has 0 aromatic heterocycles. The average molecular weight is 402 g/mol. The van der Waals surface area contributed by atoms with Crippen LogP contribution >= 0.6 is 12.2 Å². The van der Waals surface area contributed by atoms with Crippen LogP contribution < -0.4 is 16.0 Å². The van der Waals surface area contributed by atoms with Crippen molar-refractivity contribution < 1.29 is 4.79 Å². The summed E-state index contributed by atoms with van der Waals surface area (Å²) in [5.41, 5.74) is 5.44. The molecule has 146 valence electrons. The van der Waals surface area contributed by atoms with E-state index in [2.05, 4.69) is 34.1 Å². The number of aryl methyl sites for hydroxylation is 1. The monoisotopic (exact) mass is 401 g/mol. The standard InChI is InChI=1S/C24H23N3OS/c1-14-8-6-13-20(15(14)2)26-23(28)21-16(3)25-24(29)27-22(21)19-12-7-10-17-9-4-5-11-18(17)19/h4-13,22H,1-3H3,(H,26,28)(H2,25,27,29)/t22-/m0/s1. The van der Waals surface area contributed by atoms with E-state index in [1.54, 1.807) is 0 Å². The summed E-state index contributed by atoms with van der Waals surface area (Å²) in [6.07, 6.45) is 0. The summed E-state index contributed by atoms with van der Waals surface area (Å²) in [4.78, 5) is 13.4. The van der Waals surface area contributed by atoms with Gasteiger partial charge in [-0.3, -0.25) is 4.79 Å². The van der Waals surface area contributed by atoms with Gasteiger partial charge in [0, 0.05) is 11.4 Å². The molecule has 0 spiro atoms. The number of fused-ring (bicyclic) bond motifs is 1. The van der Waals surface area contributed by atoms with Gasteiger partial charge in [-0.1, -0.05) is 54.6 Å². The van der Waals surface area contributed by atoms with Gasteiger partial charge in [0.1, 0.15) is 0 Å². The van der Waals surface area contributed by atoms with Crippen molar-refractivity contribution in [3.05, 3.63) is 88.6 Å². The molecule has 0 saturated heterocycles. The van der Waals surface area contributed by atoms with Crippen molar-refractivity contribution in [2.24, 2.45) is 0 Å². The first-order valence-electron chi connectivity index (χ1n) is 9.59. The zero-order valence-electron chi connectivity index (χ0n) is 16.7. The van der Waals surface area contributed by atoms with Crippen LogP contribution in [0.25, 0.3) is 10.8 Å². The Morgan fingerprint density at radius 1 is 0.966 bits per heavy atom. The van der Waals surface area contributed by atoms with E-state index in [4.69, 9.17) is 12.2 Å². The van der Waals surface area contributed by atoms with Crippen LogP contribution in [-0.2, 0) is 4.79 Å². The molecule has 0 radical (unpaired) electrons. The molecule has 1 aliphatic heterocycles. The molecule has 3 aromatic carbocycles. The number of amides is 1. The topological polar surface area (TPSA) is 53.2 Å². The van der Waals surface area contributed by atoms with E-state index in [1.165, 1.54) is 0 Å². The molecule has 1 aliphatic rings. The van der Waals surface area contributed by atoms with Crippen LogP contribution in [0, 0.1) is 13.8 Å². The van der Waals surface area contributed by atoms with Crippen LogP contribution in [0.4, 0.5) is 5.69 Å². The van der Waals surface area contributed by atoms with Crippen LogP contribution in [0.2, 0.25) is 0 Å². The van der Waals surface area contributed by atoms with Crippen LogP contribution in [-0.4, -0.2) is 11.0 Å². The fourth-order valence-electron chi connectivity index (χ4n) is 3.81. The molecular formula is C24H23N3OS. The Kier molecular flexibility index (Phi) is 5.07. The quantitative estimate of drug-likeness (QED) is 0.547. The van der Waals surface area contributed by atoms with E-state index in [0.29, 0.717) is 10.7 Å². The SMILES string of the molecule is CC1=C(C(=O)Nc2cccc(C)c2C)[C@H](c2cccc3ccccc23)NC(=S)N1.